The zero-order valence-corrected chi connectivity index (χ0v) is 8.70. The second-order valence-corrected chi connectivity index (χ2v) is 4.19. The van der Waals surface area contributed by atoms with Crippen molar-refractivity contribution < 1.29 is 4.42 Å². The normalized spacial score (nSPS) is 22.0. The molecule has 1 N–H and O–H groups in total. The Morgan fingerprint density at radius 3 is 2.93 bits per heavy atom. The van der Waals surface area contributed by atoms with Crippen molar-refractivity contribution in [1.29, 1.82) is 0 Å². The number of piperidine rings is 1. The van der Waals surface area contributed by atoms with Crippen LogP contribution in [0.3, 0.4) is 0 Å². The summed E-state index contributed by atoms with van der Waals surface area (Å²) in [6, 6.07) is 10.8. The maximum absolute atomic E-state index is 5.85. The van der Waals surface area contributed by atoms with Gasteiger partial charge in [-0.2, -0.15) is 0 Å². The first-order valence-electron chi connectivity index (χ1n) is 5.65. The van der Waals surface area contributed by atoms with Gasteiger partial charge in [0.1, 0.15) is 11.3 Å². The van der Waals surface area contributed by atoms with Gasteiger partial charge in [0, 0.05) is 5.39 Å². The molecule has 0 saturated carbocycles. The van der Waals surface area contributed by atoms with E-state index in [-0.39, 0.29) is 0 Å². The molecule has 0 aliphatic carbocycles. The number of rotatable bonds is 1. The van der Waals surface area contributed by atoms with E-state index in [0.717, 1.165) is 17.9 Å². The van der Waals surface area contributed by atoms with Crippen LogP contribution in [0.15, 0.2) is 34.7 Å². The zero-order chi connectivity index (χ0) is 10.1. The molecular weight excluding hydrogens is 186 g/mol. The van der Waals surface area contributed by atoms with Crippen molar-refractivity contribution in [2.24, 2.45) is 0 Å². The number of hydrogen-bond acceptors (Lipinski definition) is 2. The first kappa shape index (κ1) is 8.98. The number of fused-ring (bicyclic) bond motifs is 1. The van der Waals surface area contributed by atoms with Gasteiger partial charge in [0.05, 0.1) is 6.04 Å². The summed E-state index contributed by atoms with van der Waals surface area (Å²) in [6.07, 6.45) is 3.78. The summed E-state index contributed by atoms with van der Waals surface area (Å²) in [5.74, 6) is 1.09. The highest BCUT2D eigenvalue weighted by Gasteiger charge is 2.18. The van der Waals surface area contributed by atoms with Crippen molar-refractivity contribution in [3.63, 3.8) is 0 Å². The standard InChI is InChI=1S/C13H15NO/c1-2-7-12-10(5-1)9-13(15-12)11-6-3-4-8-14-11/h1-2,5,7,9,11,14H,3-4,6,8H2/t11-/m0/s1. The number of nitrogens with one attached hydrogen (secondary N) is 1. The number of para-hydroxylation sites is 1. The molecular formula is C13H15NO. The summed E-state index contributed by atoms with van der Waals surface area (Å²) in [5.41, 5.74) is 1.000. The quantitative estimate of drug-likeness (QED) is 0.766. The number of furan rings is 1. The van der Waals surface area contributed by atoms with Gasteiger partial charge in [0.25, 0.3) is 0 Å². The molecule has 3 rings (SSSR count). The van der Waals surface area contributed by atoms with Gasteiger partial charge in [-0.1, -0.05) is 24.6 Å². The van der Waals surface area contributed by atoms with Crippen molar-refractivity contribution in [3.8, 4) is 0 Å². The van der Waals surface area contributed by atoms with Gasteiger partial charge in [-0.05, 0) is 31.5 Å². The summed E-state index contributed by atoms with van der Waals surface area (Å²) in [6.45, 7) is 1.11. The minimum absolute atomic E-state index is 0.422. The van der Waals surface area contributed by atoms with Crippen LogP contribution in [0.4, 0.5) is 0 Å². The van der Waals surface area contributed by atoms with E-state index in [0.29, 0.717) is 6.04 Å². The first-order chi connectivity index (χ1) is 7.43. The minimum Gasteiger partial charge on any atom is -0.459 e. The molecule has 2 heteroatoms. The topological polar surface area (TPSA) is 25.2 Å². The van der Waals surface area contributed by atoms with E-state index in [1.165, 1.54) is 24.6 Å². The van der Waals surface area contributed by atoms with Crippen molar-refractivity contribution in [2.45, 2.75) is 25.3 Å². The highest BCUT2D eigenvalue weighted by Crippen LogP contribution is 2.28. The zero-order valence-electron chi connectivity index (χ0n) is 8.70. The lowest BCUT2D eigenvalue weighted by Gasteiger charge is -2.21. The first-order valence-corrected chi connectivity index (χ1v) is 5.65. The average Bonchev–Trinajstić information content (AvgIpc) is 2.74. The Bertz CT molecular complexity index is 421. The molecule has 0 amide bonds. The van der Waals surface area contributed by atoms with Crippen LogP contribution >= 0.6 is 0 Å². The Labute approximate surface area is 89.3 Å². The van der Waals surface area contributed by atoms with E-state index in [4.69, 9.17) is 4.42 Å². The Morgan fingerprint density at radius 2 is 2.13 bits per heavy atom. The van der Waals surface area contributed by atoms with Crippen LogP contribution in [0.2, 0.25) is 0 Å². The molecule has 0 unspecified atom stereocenters. The van der Waals surface area contributed by atoms with Crippen molar-refractivity contribution in [1.82, 2.24) is 5.32 Å². The Kier molecular flexibility index (Phi) is 2.22. The van der Waals surface area contributed by atoms with E-state index in [1.54, 1.807) is 0 Å². The van der Waals surface area contributed by atoms with E-state index in [9.17, 15) is 0 Å². The van der Waals surface area contributed by atoms with Crippen LogP contribution in [0.1, 0.15) is 31.1 Å². The Balaban J connectivity index is 1.96. The molecule has 1 aliphatic heterocycles. The van der Waals surface area contributed by atoms with Crippen LogP contribution in [-0.4, -0.2) is 6.54 Å². The maximum Gasteiger partial charge on any atom is 0.134 e. The number of benzene rings is 1. The summed E-state index contributed by atoms with van der Waals surface area (Å²) in [4.78, 5) is 0. The van der Waals surface area contributed by atoms with Gasteiger partial charge in [0.15, 0.2) is 0 Å². The molecule has 1 aliphatic rings. The molecule has 1 fully saturated rings. The highest BCUT2D eigenvalue weighted by atomic mass is 16.3. The van der Waals surface area contributed by atoms with Crippen LogP contribution in [0.5, 0.6) is 0 Å². The third-order valence-corrected chi connectivity index (χ3v) is 3.10. The lowest BCUT2D eigenvalue weighted by Crippen LogP contribution is -2.26. The smallest absolute Gasteiger partial charge is 0.134 e. The SMILES string of the molecule is c1ccc2oc([C@@H]3CCCCN3)cc2c1. The Hall–Kier alpha value is -1.28. The van der Waals surface area contributed by atoms with Crippen molar-refractivity contribution >= 4 is 11.0 Å². The molecule has 1 atom stereocenters. The predicted molar refractivity (Wildman–Crippen MR) is 60.8 cm³/mol. The van der Waals surface area contributed by atoms with Gasteiger partial charge in [-0.15, -0.1) is 0 Å². The van der Waals surface area contributed by atoms with E-state index < -0.39 is 0 Å². The monoisotopic (exact) mass is 201 g/mol. The fraction of sp³-hybridized carbons (Fsp3) is 0.385. The van der Waals surface area contributed by atoms with Gasteiger partial charge < -0.3 is 9.73 Å². The molecule has 1 aromatic heterocycles. The van der Waals surface area contributed by atoms with Crippen molar-refractivity contribution in [2.75, 3.05) is 6.54 Å². The molecule has 1 saturated heterocycles. The van der Waals surface area contributed by atoms with Crippen LogP contribution in [0.25, 0.3) is 11.0 Å². The summed E-state index contributed by atoms with van der Waals surface area (Å²) >= 11 is 0. The second kappa shape index (κ2) is 3.70. The molecule has 0 bridgehead atoms. The molecule has 0 radical (unpaired) electrons. The highest BCUT2D eigenvalue weighted by molar-refractivity contribution is 5.77. The van der Waals surface area contributed by atoms with E-state index >= 15 is 0 Å². The fourth-order valence-electron chi connectivity index (χ4n) is 2.27. The third kappa shape index (κ3) is 1.65. The van der Waals surface area contributed by atoms with E-state index in [2.05, 4.69) is 23.5 Å². The molecule has 78 valence electrons. The maximum atomic E-state index is 5.85. The Morgan fingerprint density at radius 1 is 1.20 bits per heavy atom. The predicted octanol–water partition coefficient (Wildman–Crippen LogP) is 3.25. The van der Waals surface area contributed by atoms with E-state index in [1.807, 2.05) is 12.1 Å². The summed E-state index contributed by atoms with van der Waals surface area (Å²) in [5, 5.41) is 4.71. The third-order valence-electron chi connectivity index (χ3n) is 3.10. The lowest BCUT2D eigenvalue weighted by molar-refractivity contribution is 0.358. The van der Waals surface area contributed by atoms with Gasteiger partial charge in [0.2, 0.25) is 0 Å². The number of hydrogen-bond donors (Lipinski definition) is 1. The summed E-state index contributed by atoms with van der Waals surface area (Å²) < 4.78 is 5.85. The van der Waals surface area contributed by atoms with Crippen LogP contribution < -0.4 is 5.32 Å². The largest absolute Gasteiger partial charge is 0.459 e. The molecule has 15 heavy (non-hydrogen) atoms. The van der Waals surface area contributed by atoms with Crippen molar-refractivity contribution in [3.05, 3.63) is 36.1 Å². The summed E-state index contributed by atoms with van der Waals surface area (Å²) in [7, 11) is 0. The molecule has 2 nitrogen and oxygen atoms in total. The van der Waals surface area contributed by atoms with Gasteiger partial charge in [-0.3, -0.25) is 0 Å². The lowest BCUT2D eigenvalue weighted by atomic mass is 10.0. The second-order valence-electron chi connectivity index (χ2n) is 4.19. The van der Waals surface area contributed by atoms with Gasteiger partial charge >= 0.3 is 0 Å². The average molecular weight is 201 g/mol. The fourth-order valence-corrected chi connectivity index (χ4v) is 2.27. The minimum atomic E-state index is 0.422. The molecule has 2 heterocycles. The van der Waals surface area contributed by atoms with Gasteiger partial charge in [-0.25, -0.2) is 0 Å². The molecule has 0 spiro atoms. The molecule has 2 aromatic rings. The van der Waals surface area contributed by atoms with Crippen LogP contribution in [-0.2, 0) is 0 Å². The molecule has 1 aromatic carbocycles. The van der Waals surface area contributed by atoms with Crippen LogP contribution in [0, 0.1) is 0 Å².